The van der Waals surface area contributed by atoms with Crippen LogP contribution in [0.15, 0.2) is 28.1 Å². The van der Waals surface area contributed by atoms with Crippen LogP contribution in [0.25, 0.3) is 10.6 Å². The summed E-state index contributed by atoms with van der Waals surface area (Å²) in [6, 6.07) is 5.63. The Kier molecular flexibility index (Phi) is 4.84. The molecule has 27 heavy (non-hydrogen) atoms. The van der Waals surface area contributed by atoms with Crippen molar-refractivity contribution in [2.45, 2.75) is 33.3 Å². The molecule has 0 spiro atoms. The number of carbonyl (C=O) groups is 2. The first kappa shape index (κ1) is 17.9. The molecule has 0 bridgehead atoms. The second-order valence-corrected chi connectivity index (χ2v) is 8.66. The molecule has 1 fully saturated rings. The Balaban J connectivity index is 1.45. The Morgan fingerprint density at radius 3 is 2.89 bits per heavy atom. The van der Waals surface area contributed by atoms with Crippen LogP contribution in [0.3, 0.4) is 0 Å². The van der Waals surface area contributed by atoms with Crippen molar-refractivity contribution in [3.63, 3.8) is 0 Å². The van der Waals surface area contributed by atoms with Gasteiger partial charge in [0.05, 0.1) is 10.4 Å². The summed E-state index contributed by atoms with van der Waals surface area (Å²) in [5.41, 5.74) is 1.80. The predicted molar refractivity (Wildman–Crippen MR) is 104 cm³/mol. The third-order valence-electron chi connectivity index (χ3n) is 4.45. The molecular formula is C19H18N2O4S2. The van der Waals surface area contributed by atoms with E-state index in [1.165, 1.54) is 11.3 Å². The molecule has 4 rings (SSSR count). The lowest BCUT2D eigenvalue weighted by Gasteiger charge is -2.07. The number of hydrogen-bond acceptors (Lipinski definition) is 7. The SMILES string of the molecule is Cc1sc(NC(=O)C2CC2)c(C(=O)OCc2cc(-c3cccs3)on2)c1C. The monoisotopic (exact) mass is 402 g/mol. The van der Waals surface area contributed by atoms with E-state index in [0.717, 1.165) is 28.2 Å². The first-order valence-corrected chi connectivity index (χ1v) is 10.3. The molecule has 1 saturated carbocycles. The van der Waals surface area contributed by atoms with Gasteiger partial charge in [-0.1, -0.05) is 11.2 Å². The van der Waals surface area contributed by atoms with Crippen LogP contribution in [0.5, 0.6) is 0 Å². The first-order valence-electron chi connectivity index (χ1n) is 8.60. The van der Waals surface area contributed by atoms with E-state index in [4.69, 9.17) is 9.26 Å². The lowest BCUT2D eigenvalue weighted by molar-refractivity contribution is -0.117. The zero-order valence-electron chi connectivity index (χ0n) is 14.9. The lowest BCUT2D eigenvalue weighted by Crippen LogP contribution is -2.16. The van der Waals surface area contributed by atoms with Gasteiger partial charge >= 0.3 is 5.97 Å². The van der Waals surface area contributed by atoms with E-state index in [9.17, 15) is 9.59 Å². The summed E-state index contributed by atoms with van der Waals surface area (Å²) >= 11 is 2.95. The Morgan fingerprint density at radius 1 is 1.37 bits per heavy atom. The summed E-state index contributed by atoms with van der Waals surface area (Å²) in [7, 11) is 0. The van der Waals surface area contributed by atoms with E-state index in [-0.39, 0.29) is 18.4 Å². The van der Waals surface area contributed by atoms with Gasteiger partial charge < -0.3 is 14.6 Å². The summed E-state index contributed by atoms with van der Waals surface area (Å²) in [5.74, 6) is 0.226. The van der Waals surface area contributed by atoms with Gasteiger partial charge in [-0.25, -0.2) is 4.79 Å². The third-order valence-corrected chi connectivity index (χ3v) is 6.46. The summed E-state index contributed by atoms with van der Waals surface area (Å²) in [4.78, 5) is 26.7. The largest absolute Gasteiger partial charge is 0.455 e. The van der Waals surface area contributed by atoms with E-state index in [1.807, 2.05) is 31.4 Å². The molecule has 0 saturated heterocycles. The standard InChI is InChI=1S/C19H18N2O4S2/c1-10-11(2)27-18(20-17(22)12-5-6-12)16(10)19(23)24-9-13-8-14(25-21-13)15-4-3-7-26-15/h3-4,7-8,12H,5-6,9H2,1-2H3,(H,20,22). The highest BCUT2D eigenvalue weighted by Gasteiger charge is 2.31. The second-order valence-electron chi connectivity index (χ2n) is 6.49. The average Bonchev–Trinajstić information content (AvgIpc) is 3.04. The predicted octanol–water partition coefficient (Wildman–Crippen LogP) is 4.79. The normalized spacial score (nSPS) is 13.6. The molecule has 0 radical (unpaired) electrons. The van der Waals surface area contributed by atoms with Crippen molar-refractivity contribution in [1.29, 1.82) is 0 Å². The Hall–Kier alpha value is -2.45. The number of esters is 1. The molecule has 0 atom stereocenters. The van der Waals surface area contributed by atoms with Gasteiger partial charge in [0.15, 0.2) is 5.76 Å². The molecular weight excluding hydrogens is 384 g/mol. The van der Waals surface area contributed by atoms with Crippen molar-refractivity contribution in [2.24, 2.45) is 5.92 Å². The quantitative estimate of drug-likeness (QED) is 0.600. The van der Waals surface area contributed by atoms with Crippen LogP contribution in [0.4, 0.5) is 5.00 Å². The molecule has 1 amide bonds. The van der Waals surface area contributed by atoms with Crippen LogP contribution in [0.2, 0.25) is 0 Å². The van der Waals surface area contributed by atoms with E-state index in [0.29, 0.717) is 22.0 Å². The molecule has 1 N–H and O–H groups in total. The number of carbonyl (C=O) groups excluding carboxylic acids is 2. The molecule has 3 aromatic rings. The van der Waals surface area contributed by atoms with Gasteiger partial charge in [0, 0.05) is 16.9 Å². The molecule has 140 valence electrons. The number of nitrogens with one attached hydrogen (secondary N) is 1. The molecule has 0 unspecified atom stereocenters. The average molecular weight is 402 g/mol. The van der Waals surface area contributed by atoms with Crippen molar-refractivity contribution in [2.75, 3.05) is 5.32 Å². The number of anilines is 1. The van der Waals surface area contributed by atoms with Gasteiger partial charge in [0.25, 0.3) is 0 Å². The first-order chi connectivity index (χ1) is 13.0. The van der Waals surface area contributed by atoms with Crippen LogP contribution in [0.1, 0.15) is 39.3 Å². The number of nitrogens with zero attached hydrogens (tertiary/aromatic N) is 1. The Bertz CT molecular complexity index is 984. The van der Waals surface area contributed by atoms with Gasteiger partial charge in [-0.2, -0.15) is 0 Å². The van der Waals surface area contributed by atoms with Crippen molar-refractivity contribution in [3.05, 3.63) is 45.3 Å². The molecule has 8 heteroatoms. The van der Waals surface area contributed by atoms with E-state index in [2.05, 4.69) is 10.5 Å². The van der Waals surface area contributed by atoms with Gasteiger partial charge in [0.2, 0.25) is 5.91 Å². The van der Waals surface area contributed by atoms with Gasteiger partial charge in [0.1, 0.15) is 17.3 Å². The third kappa shape index (κ3) is 3.81. The van der Waals surface area contributed by atoms with E-state index < -0.39 is 5.97 Å². The van der Waals surface area contributed by atoms with E-state index >= 15 is 0 Å². The maximum absolute atomic E-state index is 12.7. The van der Waals surface area contributed by atoms with Gasteiger partial charge in [-0.15, -0.1) is 22.7 Å². The molecule has 3 heterocycles. The summed E-state index contributed by atoms with van der Waals surface area (Å²) in [6.45, 7) is 3.80. The topological polar surface area (TPSA) is 81.4 Å². The number of aryl methyl sites for hydroxylation is 1. The minimum atomic E-state index is -0.469. The Morgan fingerprint density at radius 2 is 2.19 bits per heavy atom. The summed E-state index contributed by atoms with van der Waals surface area (Å²) in [5, 5.41) is 9.35. The highest BCUT2D eigenvalue weighted by molar-refractivity contribution is 7.16. The fraction of sp³-hybridized carbons (Fsp3) is 0.316. The smallest absolute Gasteiger partial charge is 0.341 e. The molecule has 1 aliphatic rings. The Labute approximate surface area is 164 Å². The van der Waals surface area contributed by atoms with Crippen molar-refractivity contribution in [1.82, 2.24) is 5.16 Å². The molecule has 0 aromatic carbocycles. The number of ether oxygens (including phenoxy) is 1. The van der Waals surface area contributed by atoms with Crippen molar-refractivity contribution in [3.8, 4) is 10.6 Å². The lowest BCUT2D eigenvalue weighted by atomic mass is 10.1. The van der Waals surface area contributed by atoms with Gasteiger partial charge in [-0.3, -0.25) is 4.79 Å². The van der Waals surface area contributed by atoms with Gasteiger partial charge in [-0.05, 0) is 43.7 Å². The molecule has 3 aromatic heterocycles. The number of aromatic nitrogens is 1. The van der Waals surface area contributed by atoms with Crippen LogP contribution >= 0.6 is 22.7 Å². The zero-order valence-corrected chi connectivity index (χ0v) is 16.5. The maximum Gasteiger partial charge on any atom is 0.341 e. The fourth-order valence-corrected chi connectivity index (χ4v) is 4.37. The maximum atomic E-state index is 12.7. The zero-order chi connectivity index (χ0) is 19.0. The number of rotatable bonds is 6. The van der Waals surface area contributed by atoms with Crippen molar-refractivity contribution >= 4 is 39.6 Å². The fourth-order valence-electron chi connectivity index (χ4n) is 2.65. The summed E-state index contributed by atoms with van der Waals surface area (Å²) in [6.07, 6.45) is 1.82. The van der Waals surface area contributed by atoms with Crippen LogP contribution in [0, 0.1) is 19.8 Å². The number of thiophene rings is 2. The van der Waals surface area contributed by atoms with Crippen LogP contribution < -0.4 is 5.32 Å². The molecule has 0 aliphatic heterocycles. The van der Waals surface area contributed by atoms with Crippen molar-refractivity contribution < 1.29 is 18.8 Å². The minimum absolute atomic E-state index is 0.0120. The number of hydrogen-bond donors (Lipinski definition) is 1. The van der Waals surface area contributed by atoms with Crippen LogP contribution in [-0.4, -0.2) is 17.0 Å². The minimum Gasteiger partial charge on any atom is -0.455 e. The highest BCUT2D eigenvalue weighted by Crippen LogP contribution is 2.36. The number of amides is 1. The van der Waals surface area contributed by atoms with E-state index in [1.54, 1.807) is 17.4 Å². The second kappa shape index (κ2) is 7.28. The highest BCUT2D eigenvalue weighted by atomic mass is 32.1. The molecule has 1 aliphatic carbocycles. The molecule has 6 nitrogen and oxygen atoms in total. The van der Waals surface area contributed by atoms with Crippen LogP contribution in [-0.2, 0) is 16.1 Å². The summed E-state index contributed by atoms with van der Waals surface area (Å²) < 4.78 is 10.7.